The van der Waals surface area contributed by atoms with Gasteiger partial charge in [0.1, 0.15) is 17.3 Å². The van der Waals surface area contributed by atoms with Crippen LogP contribution in [0.3, 0.4) is 0 Å². The van der Waals surface area contributed by atoms with Crippen LogP contribution < -0.4 is 20.7 Å². The molecular formula is C14H16N4O2S. The molecule has 1 aliphatic heterocycles. The lowest BCUT2D eigenvalue weighted by Gasteiger charge is -2.12. The van der Waals surface area contributed by atoms with E-state index in [0.717, 1.165) is 34.1 Å². The van der Waals surface area contributed by atoms with Crippen LogP contribution >= 0.6 is 11.8 Å². The van der Waals surface area contributed by atoms with Gasteiger partial charge in [0.25, 0.3) is 0 Å². The van der Waals surface area contributed by atoms with Crippen LogP contribution in [0.1, 0.15) is 11.3 Å². The molecule has 0 fully saturated rings. The van der Waals surface area contributed by atoms with Crippen molar-refractivity contribution in [1.29, 1.82) is 0 Å². The van der Waals surface area contributed by atoms with Crippen LogP contribution in [-0.2, 0) is 11.5 Å². The Hall–Kier alpha value is -1.99. The lowest BCUT2D eigenvalue weighted by molar-refractivity contribution is 0.395. The molecule has 0 amide bonds. The van der Waals surface area contributed by atoms with Crippen LogP contribution in [0, 0.1) is 0 Å². The van der Waals surface area contributed by atoms with Crippen LogP contribution in [0.15, 0.2) is 18.2 Å². The van der Waals surface area contributed by atoms with Crippen LogP contribution in [-0.4, -0.2) is 24.2 Å². The van der Waals surface area contributed by atoms with Gasteiger partial charge in [-0.15, -0.1) is 0 Å². The Bertz CT molecular complexity index is 678. The molecule has 0 saturated heterocycles. The van der Waals surface area contributed by atoms with E-state index < -0.39 is 0 Å². The molecule has 0 aliphatic carbocycles. The van der Waals surface area contributed by atoms with Crippen LogP contribution in [0.5, 0.6) is 11.5 Å². The Kier molecular flexibility index (Phi) is 3.85. The number of hydrazine groups is 1. The molecule has 1 aromatic heterocycles. The number of benzene rings is 1. The Morgan fingerprint density at radius 3 is 2.76 bits per heavy atom. The summed E-state index contributed by atoms with van der Waals surface area (Å²) in [7, 11) is 3.23. The van der Waals surface area contributed by atoms with Crippen LogP contribution in [0.2, 0.25) is 0 Å². The molecule has 6 nitrogen and oxygen atoms in total. The number of methoxy groups -OCH3 is 2. The third-order valence-electron chi connectivity index (χ3n) is 3.36. The molecule has 3 N–H and O–H groups in total. The quantitative estimate of drug-likeness (QED) is 0.662. The van der Waals surface area contributed by atoms with Gasteiger partial charge in [0, 0.05) is 23.1 Å². The first-order valence-electron chi connectivity index (χ1n) is 6.43. The van der Waals surface area contributed by atoms with Gasteiger partial charge in [0.15, 0.2) is 5.82 Å². The molecule has 1 aliphatic rings. The molecule has 7 heteroatoms. The molecule has 1 aromatic carbocycles. The predicted octanol–water partition coefficient (Wildman–Crippen LogP) is 2.19. The Balaban J connectivity index is 2.12. The average molecular weight is 304 g/mol. The zero-order chi connectivity index (χ0) is 14.8. The molecule has 3 rings (SSSR count). The second kappa shape index (κ2) is 5.79. The fourth-order valence-electron chi connectivity index (χ4n) is 2.27. The summed E-state index contributed by atoms with van der Waals surface area (Å²) in [5.74, 6) is 10.0. The van der Waals surface area contributed by atoms with E-state index in [1.165, 1.54) is 0 Å². The van der Waals surface area contributed by atoms with E-state index in [9.17, 15) is 0 Å². The highest BCUT2D eigenvalue weighted by molar-refractivity contribution is 7.98. The third kappa shape index (κ3) is 2.50. The molecule has 0 unspecified atom stereocenters. The summed E-state index contributed by atoms with van der Waals surface area (Å²) in [5.41, 5.74) is 5.59. The maximum Gasteiger partial charge on any atom is 0.165 e. The summed E-state index contributed by atoms with van der Waals surface area (Å²) in [6.45, 7) is 0. The molecule has 2 heterocycles. The SMILES string of the molecule is COc1ccc(-c2nc3c(c(NN)n2)CSC3)c(OC)c1. The predicted molar refractivity (Wildman–Crippen MR) is 83.4 cm³/mol. The topological polar surface area (TPSA) is 82.3 Å². The summed E-state index contributed by atoms with van der Waals surface area (Å²) in [6.07, 6.45) is 0. The first kappa shape index (κ1) is 14.0. The first-order chi connectivity index (χ1) is 10.3. The van der Waals surface area contributed by atoms with Crippen molar-refractivity contribution in [3.05, 3.63) is 29.5 Å². The number of hydrogen-bond acceptors (Lipinski definition) is 7. The summed E-state index contributed by atoms with van der Waals surface area (Å²) in [4.78, 5) is 9.16. The van der Waals surface area contributed by atoms with E-state index in [1.54, 1.807) is 26.0 Å². The molecule has 0 saturated carbocycles. The van der Waals surface area contributed by atoms with Gasteiger partial charge in [0.05, 0.1) is 25.5 Å². The molecule has 0 spiro atoms. The standard InChI is InChI=1S/C14H16N4O2S/c1-19-8-3-4-9(12(5-8)20-2)13-16-11-7-21-6-10(11)14(17-13)18-15/h3-5H,6-7,15H2,1-2H3,(H,16,17,18). The van der Waals surface area contributed by atoms with E-state index in [-0.39, 0.29) is 0 Å². The summed E-state index contributed by atoms with van der Waals surface area (Å²) in [5, 5.41) is 0. The highest BCUT2D eigenvalue weighted by atomic mass is 32.2. The molecule has 0 atom stereocenters. The summed E-state index contributed by atoms with van der Waals surface area (Å²) >= 11 is 1.80. The largest absolute Gasteiger partial charge is 0.497 e. The highest BCUT2D eigenvalue weighted by Crippen LogP contribution is 2.37. The maximum absolute atomic E-state index is 5.59. The number of nitrogens with zero attached hydrogens (tertiary/aromatic N) is 2. The van der Waals surface area contributed by atoms with E-state index >= 15 is 0 Å². The van der Waals surface area contributed by atoms with Gasteiger partial charge in [-0.3, -0.25) is 0 Å². The van der Waals surface area contributed by atoms with Gasteiger partial charge in [0.2, 0.25) is 0 Å². The molecule has 0 radical (unpaired) electrons. The van der Waals surface area contributed by atoms with Crippen LogP contribution in [0.4, 0.5) is 5.82 Å². The Morgan fingerprint density at radius 1 is 1.19 bits per heavy atom. The summed E-state index contributed by atoms with van der Waals surface area (Å²) in [6, 6.07) is 5.57. The van der Waals surface area contributed by atoms with Gasteiger partial charge in [-0.1, -0.05) is 0 Å². The minimum absolute atomic E-state index is 0.601. The number of hydrogen-bond donors (Lipinski definition) is 2. The molecule has 0 bridgehead atoms. The number of anilines is 1. The second-order valence-corrected chi connectivity index (χ2v) is 5.51. The zero-order valence-electron chi connectivity index (χ0n) is 11.8. The van der Waals surface area contributed by atoms with Crippen molar-refractivity contribution in [3.63, 3.8) is 0 Å². The maximum atomic E-state index is 5.59. The Labute approximate surface area is 127 Å². The Morgan fingerprint density at radius 2 is 2.05 bits per heavy atom. The normalized spacial score (nSPS) is 12.9. The number of nitrogens with one attached hydrogen (secondary N) is 1. The molecule has 21 heavy (non-hydrogen) atoms. The minimum Gasteiger partial charge on any atom is -0.497 e. The average Bonchev–Trinajstić information content (AvgIpc) is 3.01. The molecule has 110 valence electrons. The van der Waals surface area contributed by atoms with Crippen molar-refractivity contribution in [2.45, 2.75) is 11.5 Å². The lowest BCUT2D eigenvalue weighted by Crippen LogP contribution is -2.13. The zero-order valence-corrected chi connectivity index (χ0v) is 12.7. The van der Waals surface area contributed by atoms with Crippen LogP contribution in [0.25, 0.3) is 11.4 Å². The van der Waals surface area contributed by atoms with Gasteiger partial charge in [-0.05, 0) is 12.1 Å². The second-order valence-electron chi connectivity index (χ2n) is 4.52. The number of rotatable bonds is 4. The fourth-order valence-corrected chi connectivity index (χ4v) is 3.32. The van der Waals surface area contributed by atoms with Gasteiger partial charge >= 0.3 is 0 Å². The van der Waals surface area contributed by atoms with Gasteiger partial charge < -0.3 is 14.9 Å². The van der Waals surface area contributed by atoms with Gasteiger partial charge in [-0.2, -0.15) is 11.8 Å². The molecular weight excluding hydrogens is 288 g/mol. The van der Waals surface area contributed by atoms with Crippen molar-refractivity contribution in [3.8, 4) is 22.9 Å². The van der Waals surface area contributed by atoms with Crippen molar-refractivity contribution in [2.75, 3.05) is 19.6 Å². The summed E-state index contributed by atoms with van der Waals surface area (Å²) < 4.78 is 10.6. The third-order valence-corrected chi connectivity index (χ3v) is 4.33. The smallest absolute Gasteiger partial charge is 0.165 e. The van der Waals surface area contributed by atoms with Gasteiger partial charge in [-0.25, -0.2) is 15.8 Å². The first-order valence-corrected chi connectivity index (χ1v) is 7.59. The number of thioether (sulfide) groups is 1. The number of fused-ring (bicyclic) bond motifs is 1. The number of aromatic nitrogens is 2. The lowest BCUT2D eigenvalue weighted by atomic mass is 10.1. The van der Waals surface area contributed by atoms with Crippen molar-refractivity contribution >= 4 is 17.6 Å². The highest BCUT2D eigenvalue weighted by Gasteiger charge is 2.21. The van der Waals surface area contributed by atoms with Crippen molar-refractivity contribution in [2.24, 2.45) is 5.84 Å². The molecule has 2 aromatic rings. The minimum atomic E-state index is 0.601. The van der Waals surface area contributed by atoms with E-state index in [1.807, 2.05) is 18.2 Å². The number of nitrogens with two attached hydrogens (primary N) is 1. The number of ether oxygens (including phenoxy) is 2. The van der Waals surface area contributed by atoms with Crippen molar-refractivity contribution < 1.29 is 9.47 Å². The van der Waals surface area contributed by atoms with E-state index in [0.29, 0.717) is 17.4 Å². The van der Waals surface area contributed by atoms with E-state index in [4.69, 9.17) is 15.3 Å². The monoisotopic (exact) mass is 304 g/mol. The van der Waals surface area contributed by atoms with E-state index in [2.05, 4.69) is 15.4 Å². The number of nitrogen functional groups attached to an aromatic ring is 1. The van der Waals surface area contributed by atoms with Crippen molar-refractivity contribution in [1.82, 2.24) is 9.97 Å². The fraction of sp³-hybridized carbons (Fsp3) is 0.286.